The molecule has 3 aliphatic heterocycles. The fourth-order valence-electron chi connectivity index (χ4n) is 7.79. The molecule has 10 nitrogen and oxygen atoms in total. The van der Waals surface area contributed by atoms with Gasteiger partial charge >= 0.3 is 17.9 Å². The summed E-state index contributed by atoms with van der Waals surface area (Å²) >= 11 is 0. The van der Waals surface area contributed by atoms with Gasteiger partial charge in [-0.05, 0) is 129 Å². The number of carboxylic acid groups (broad SMARTS) is 3. The van der Waals surface area contributed by atoms with E-state index in [2.05, 4.69) is 16.0 Å². The molecule has 6 rings (SSSR count). The highest BCUT2D eigenvalue weighted by Crippen LogP contribution is 2.28. The molecule has 0 saturated carbocycles. The number of nitrogens with one attached hydrogen (secondary N) is 3. The van der Waals surface area contributed by atoms with E-state index in [9.17, 15) is 29.7 Å². The molecule has 3 saturated heterocycles. The molecule has 6 atom stereocenters. The summed E-state index contributed by atoms with van der Waals surface area (Å²) in [5, 5.41) is 40.0. The van der Waals surface area contributed by atoms with Gasteiger partial charge in [0.25, 0.3) is 0 Å². The molecule has 3 aliphatic rings. The summed E-state index contributed by atoms with van der Waals surface area (Å²) in [6.07, 6.45) is -4.91. The largest absolute Gasteiger partial charge is 0.481 e. The highest BCUT2D eigenvalue weighted by atomic mass is 16.4. The van der Waals surface area contributed by atoms with Gasteiger partial charge < -0.3 is 31.3 Å². The minimum Gasteiger partial charge on any atom is -0.481 e. The quantitative estimate of drug-likeness (QED) is 0.112. The Morgan fingerprint density at radius 2 is 0.846 bits per heavy atom. The van der Waals surface area contributed by atoms with Crippen molar-refractivity contribution in [1.82, 2.24) is 20.9 Å². The number of aliphatic carboxylic acids is 3. The summed E-state index contributed by atoms with van der Waals surface area (Å²) < 4.78 is 54.3. The van der Waals surface area contributed by atoms with Crippen LogP contribution in [0.15, 0.2) is 72.8 Å². The van der Waals surface area contributed by atoms with Crippen LogP contribution in [0, 0.1) is 35.5 Å². The van der Waals surface area contributed by atoms with Crippen molar-refractivity contribution in [3.63, 3.8) is 0 Å². The van der Waals surface area contributed by atoms with Crippen molar-refractivity contribution in [3.05, 3.63) is 106 Å². The van der Waals surface area contributed by atoms with Gasteiger partial charge in [-0.2, -0.15) is 0 Å². The van der Waals surface area contributed by atoms with Gasteiger partial charge in [-0.1, -0.05) is 72.8 Å². The molecule has 0 spiro atoms. The van der Waals surface area contributed by atoms with Crippen LogP contribution < -0.4 is 16.0 Å². The van der Waals surface area contributed by atoms with E-state index < -0.39 is 54.8 Å². The van der Waals surface area contributed by atoms with E-state index in [0.717, 1.165) is 0 Å². The van der Waals surface area contributed by atoms with Crippen LogP contribution in [0.5, 0.6) is 0 Å². The average molecular weight is 717 g/mol. The molecular weight excluding hydrogens is 656 g/mol. The van der Waals surface area contributed by atoms with Gasteiger partial charge in [-0.15, -0.1) is 0 Å². The Balaban J connectivity index is 1.33. The number of carbonyl (C=O) groups is 3. The van der Waals surface area contributed by atoms with Crippen molar-refractivity contribution < 1.29 is 37.9 Å². The molecule has 0 aliphatic carbocycles. The molecule has 0 aromatic heterocycles. The van der Waals surface area contributed by atoms with Crippen LogP contribution in [0.1, 0.15) is 60.9 Å². The number of hydrogen-bond acceptors (Lipinski definition) is 7. The number of nitrogens with zero attached hydrogens (tertiary/aromatic N) is 1. The second kappa shape index (κ2) is 18.1. The fourth-order valence-corrected chi connectivity index (χ4v) is 7.79. The Labute approximate surface area is 315 Å². The van der Waals surface area contributed by atoms with Gasteiger partial charge in [-0.3, -0.25) is 19.3 Å². The van der Waals surface area contributed by atoms with Crippen molar-refractivity contribution in [2.75, 3.05) is 39.3 Å². The Morgan fingerprint density at radius 1 is 0.558 bits per heavy atom. The molecule has 0 amide bonds. The standard InChI is InChI=1S/C42H54N4O6/c47-40(48)37(34-10-13-43-22-34)19-28-4-1-7-31(16-28)25-46(26-32-8-2-5-29(17-32)20-38(41(49)50)35-11-14-44-23-35)27-33-9-3-6-30(18-33)21-39(42(51)52)36-12-15-45-24-36/h1-9,16-18,34-39,43-45H,10-15,19-27H2,(H,47,48)(H,49,50)(H,51,52)/i19D2,20D2,21D2. The Kier molecular flexibility index (Phi) is 10.6. The third kappa shape index (κ3) is 10.3. The maximum Gasteiger partial charge on any atom is 0.307 e. The lowest BCUT2D eigenvalue weighted by molar-refractivity contribution is -0.144. The van der Waals surface area contributed by atoms with E-state index in [4.69, 9.17) is 8.22 Å². The van der Waals surface area contributed by atoms with Gasteiger partial charge in [0.15, 0.2) is 0 Å². The lowest BCUT2D eigenvalue weighted by Crippen LogP contribution is -2.28. The van der Waals surface area contributed by atoms with E-state index in [1.165, 1.54) is 0 Å². The van der Waals surface area contributed by atoms with E-state index in [1.54, 1.807) is 54.6 Å². The highest BCUT2D eigenvalue weighted by molar-refractivity contribution is 5.72. The first kappa shape index (κ1) is 30.4. The average Bonchev–Trinajstić information content (AvgIpc) is 3.98. The highest BCUT2D eigenvalue weighted by Gasteiger charge is 2.33. The molecule has 0 bridgehead atoms. The monoisotopic (exact) mass is 716 g/mol. The van der Waals surface area contributed by atoms with Crippen molar-refractivity contribution in [2.45, 2.75) is 58.0 Å². The molecule has 0 radical (unpaired) electrons. The van der Waals surface area contributed by atoms with Crippen LogP contribution in [-0.2, 0) is 53.1 Å². The first-order chi connectivity index (χ1) is 27.5. The zero-order valence-corrected chi connectivity index (χ0v) is 29.4. The molecule has 3 fully saturated rings. The first-order valence-electron chi connectivity index (χ1n) is 21.3. The minimum absolute atomic E-state index is 0.233. The number of benzene rings is 3. The summed E-state index contributed by atoms with van der Waals surface area (Å²) in [6.45, 7) is 3.79. The number of carboxylic acids is 3. The fraction of sp³-hybridized carbons (Fsp3) is 0.500. The molecule has 278 valence electrons. The van der Waals surface area contributed by atoms with Crippen molar-refractivity contribution >= 4 is 17.9 Å². The Hall–Kier alpha value is -4.09. The maximum absolute atomic E-state index is 12.5. The number of hydrogen-bond donors (Lipinski definition) is 6. The van der Waals surface area contributed by atoms with Crippen LogP contribution in [0.2, 0.25) is 0 Å². The zero-order valence-electron chi connectivity index (χ0n) is 35.4. The molecule has 6 N–H and O–H groups in total. The molecule has 6 unspecified atom stereocenters. The van der Waals surface area contributed by atoms with Crippen molar-refractivity contribution in [2.24, 2.45) is 35.5 Å². The normalized spacial score (nSPS) is 24.5. The van der Waals surface area contributed by atoms with Crippen LogP contribution in [0.3, 0.4) is 0 Å². The minimum atomic E-state index is -2.19. The molecular formula is C42H54N4O6. The summed E-state index contributed by atoms with van der Waals surface area (Å²) in [5.74, 6) is -8.56. The summed E-state index contributed by atoms with van der Waals surface area (Å²) in [5.41, 5.74) is 2.76. The number of rotatable bonds is 18. The van der Waals surface area contributed by atoms with Gasteiger partial charge in [0.1, 0.15) is 0 Å². The van der Waals surface area contributed by atoms with Crippen LogP contribution >= 0.6 is 0 Å². The smallest absolute Gasteiger partial charge is 0.307 e. The SMILES string of the molecule is [2H]C([2H])(c1cccc(CN(Cc2cccc(C([2H])([2H])C(C(=O)O)C3CCNC3)c2)Cc2cccc(C([2H])([2H])C(C(=O)O)C3CCNC3)c2)c1)C(C(=O)O)C1CCNC1. The van der Waals surface area contributed by atoms with Crippen molar-refractivity contribution in [3.8, 4) is 0 Å². The van der Waals surface area contributed by atoms with E-state index in [-0.39, 0.29) is 54.1 Å². The van der Waals surface area contributed by atoms with Gasteiger partial charge in [0, 0.05) is 27.9 Å². The zero-order chi connectivity index (χ0) is 41.8. The van der Waals surface area contributed by atoms with Crippen LogP contribution in [-0.4, -0.2) is 77.4 Å². The van der Waals surface area contributed by atoms with Crippen LogP contribution in [0.25, 0.3) is 0 Å². The topological polar surface area (TPSA) is 151 Å². The predicted molar refractivity (Wildman–Crippen MR) is 200 cm³/mol. The van der Waals surface area contributed by atoms with E-state index in [0.29, 0.717) is 75.2 Å². The summed E-state index contributed by atoms with van der Waals surface area (Å²) in [4.78, 5) is 39.4. The van der Waals surface area contributed by atoms with Crippen molar-refractivity contribution in [1.29, 1.82) is 0 Å². The third-order valence-electron chi connectivity index (χ3n) is 10.5. The molecule has 3 heterocycles. The third-order valence-corrected chi connectivity index (χ3v) is 10.5. The second-order valence-corrected chi connectivity index (χ2v) is 14.4. The first-order valence-corrected chi connectivity index (χ1v) is 18.3. The lowest BCUT2D eigenvalue weighted by atomic mass is 9.85. The van der Waals surface area contributed by atoms with E-state index in [1.807, 2.05) is 23.1 Å². The maximum atomic E-state index is 12.5. The predicted octanol–water partition coefficient (Wildman–Crippen LogP) is 4.45. The summed E-state index contributed by atoms with van der Waals surface area (Å²) in [6, 6.07) is 20.4. The van der Waals surface area contributed by atoms with E-state index >= 15 is 0 Å². The molecule has 10 heteroatoms. The Bertz CT molecular complexity index is 1720. The molecule has 3 aromatic carbocycles. The second-order valence-electron chi connectivity index (χ2n) is 14.4. The molecule has 3 aromatic rings. The summed E-state index contributed by atoms with van der Waals surface area (Å²) in [7, 11) is 0. The Morgan fingerprint density at radius 3 is 1.10 bits per heavy atom. The van der Waals surface area contributed by atoms with Gasteiger partial charge in [-0.25, -0.2) is 0 Å². The molecule has 52 heavy (non-hydrogen) atoms. The van der Waals surface area contributed by atoms with Crippen LogP contribution in [0.4, 0.5) is 0 Å². The van der Waals surface area contributed by atoms with Gasteiger partial charge in [0.05, 0.1) is 17.8 Å². The van der Waals surface area contributed by atoms with Gasteiger partial charge in [0.2, 0.25) is 0 Å². The lowest BCUT2D eigenvalue weighted by Gasteiger charge is -2.25.